The molecule has 2 fully saturated rings. The predicted octanol–water partition coefficient (Wildman–Crippen LogP) is 1.25. The van der Waals surface area contributed by atoms with Gasteiger partial charge in [0.25, 0.3) is 0 Å². The summed E-state index contributed by atoms with van der Waals surface area (Å²) in [7, 11) is 1.49. The topological polar surface area (TPSA) is 103 Å². The fraction of sp³-hybridized carbons (Fsp3) is 0.524. The highest BCUT2D eigenvalue weighted by molar-refractivity contribution is 5.90. The van der Waals surface area contributed by atoms with E-state index < -0.39 is 23.8 Å². The van der Waals surface area contributed by atoms with Gasteiger partial charge in [0.05, 0.1) is 25.3 Å². The van der Waals surface area contributed by atoms with Crippen molar-refractivity contribution in [3.8, 4) is 0 Å². The summed E-state index contributed by atoms with van der Waals surface area (Å²) in [4.78, 5) is 49.8. The molecule has 4 amide bonds. The summed E-state index contributed by atoms with van der Waals surface area (Å²) in [6.45, 7) is 3.59. The number of anilines is 2. The number of benzene rings is 1. The maximum atomic E-state index is 15.0. The van der Waals surface area contributed by atoms with E-state index in [1.54, 1.807) is 6.92 Å². The third-order valence-electron chi connectivity index (χ3n) is 5.61. The third kappa shape index (κ3) is 5.32. The van der Waals surface area contributed by atoms with E-state index in [1.807, 2.05) is 0 Å². The summed E-state index contributed by atoms with van der Waals surface area (Å²) in [5.74, 6) is -2.47. The van der Waals surface area contributed by atoms with Crippen molar-refractivity contribution in [1.82, 2.24) is 15.3 Å². The Bertz CT molecular complexity index is 936. The number of carbonyl (C=O) groups is 4. The summed E-state index contributed by atoms with van der Waals surface area (Å²) < 4.78 is 35.1. The van der Waals surface area contributed by atoms with Crippen LogP contribution in [0.4, 0.5) is 25.0 Å². The van der Waals surface area contributed by atoms with E-state index in [4.69, 9.17) is 4.74 Å². The molecule has 0 radical (unpaired) electrons. The number of cyclic esters (lactones) is 1. The number of carbonyl (C=O) groups excluding carboxylic acids is 4. The number of rotatable bonds is 8. The van der Waals surface area contributed by atoms with Gasteiger partial charge in [0.15, 0.2) is 11.6 Å². The Balaban J connectivity index is 1.73. The number of amides is 4. The number of halogens is 2. The lowest BCUT2D eigenvalue weighted by molar-refractivity contribution is -0.167. The van der Waals surface area contributed by atoms with Crippen molar-refractivity contribution in [2.24, 2.45) is 0 Å². The normalized spacial score (nSPS) is 18.6. The van der Waals surface area contributed by atoms with E-state index in [1.165, 1.54) is 28.9 Å². The van der Waals surface area contributed by atoms with Crippen molar-refractivity contribution >= 4 is 35.2 Å². The van der Waals surface area contributed by atoms with Crippen LogP contribution < -0.4 is 15.1 Å². The molecule has 1 atom stereocenters. The zero-order valence-corrected chi connectivity index (χ0v) is 18.8. The summed E-state index contributed by atoms with van der Waals surface area (Å²) >= 11 is 0. The maximum absolute atomic E-state index is 15.0. The van der Waals surface area contributed by atoms with Crippen LogP contribution in [0.15, 0.2) is 12.1 Å². The van der Waals surface area contributed by atoms with Crippen LogP contribution in [-0.2, 0) is 19.1 Å². The highest BCUT2D eigenvalue weighted by Gasteiger charge is 2.34. The SMILES string of the molecule is CCN(CCN1C(=O)CCC(=O)N1C)c1c(F)cc(N2C[C@H](CNC(C)=O)OC2=O)cc1F. The molecule has 1 aromatic carbocycles. The Morgan fingerprint density at radius 1 is 1.18 bits per heavy atom. The van der Waals surface area contributed by atoms with Gasteiger partial charge in [0.1, 0.15) is 11.8 Å². The average Bonchev–Trinajstić information content (AvgIpc) is 3.13. The van der Waals surface area contributed by atoms with Gasteiger partial charge in [0.2, 0.25) is 17.7 Å². The van der Waals surface area contributed by atoms with E-state index in [-0.39, 0.29) is 74.7 Å². The van der Waals surface area contributed by atoms with Crippen LogP contribution in [0.5, 0.6) is 0 Å². The number of ether oxygens (including phenoxy) is 1. The first-order valence-corrected chi connectivity index (χ1v) is 10.7. The lowest BCUT2D eigenvalue weighted by Gasteiger charge is -2.37. The minimum atomic E-state index is -0.876. The molecule has 10 nitrogen and oxygen atoms in total. The second-order valence-electron chi connectivity index (χ2n) is 7.83. The molecule has 0 aromatic heterocycles. The van der Waals surface area contributed by atoms with Crippen LogP contribution in [0.25, 0.3) is 0 Å². The maximum Gasteiger partial charge on any atom is 0.414 e. The average molecular weight is 467 g/mol. The van der Waals surface area contributed by atoms with Gasteiger partial charge in [-0.05, 0) is 6.92 Å². The fourth-order valence-corrected chi connectivity index (χ4v) is 3.83. The first-order valence-electron chi connectivity index (χ1n) is 10.7. The standard InChI is InChI=1S/C21H27F2N5O5/c1-4-26(7-8-28-19(31)6-5-18(30)25(28)3)20-16(22)9-14(10-17(20)23)27-12-15(33-21(27)32)11-24-13(2)29/h9-10,15H,4-8,11-12H2,1-3H3,(H,24,29)/t15-/m0/s1. The van der Waals surface area contributed by atoms with Gasteiger partial charge in [0, 0.05) is 52.0 Å². The number of likely N-dealkylation sites (N-methyl/N-ethyl adjacent to an activating group) is 1. The summed E-state index contributed by atoms with van der Waals surface area (Å²) in [6, 6.07) is 2.09. The van der Waals surface area contributed by atoms with Gasteiger partial charge in [-0.3, -0.25) is 24.3 Å². The molecule has 180 valence electrons. The Labute approximate surface area is 190 Å². The van der Waals surface area contributed by atoms with E-state index in [0.29, 0.717) is 0 Å². The van der Waals surface area contributed by atoms with Crippen LogP contribution in [-0.4, -0.2) is 79.7 Å². The summed E-state index contributed by atoms with van der Waals surface area (Å²) in [5, 5.41) is 5.03. The van der Waals surface area contributed by atoms with Crippen LogP contribution in [0.3, 0.4) is 0 Å². The first kappa shape index (κ1) is 24.2. The Morgan fingerprint density at radius 3 is 2.42 bits per heavy atom. The van der Waals surface area contributed by atoms with Crippen molar-refractivity contribution in [3.05, 3.63) is 23.8 Å². The molecule has 2 aliphatic rings. The molecule has 12 heteroatoms. The van der Waals surface area contributed by atoms with E-state index in [0.717, 1.165) is 17.0 Å². The third-order valence-corrected chi connectivity index (χ3v) is 5.61. The van der Waals surface area contributed by atoms with Crippen molar-refractivity contribution < 1.29 is 32.7 Å². The Kier molecular flexibility index (Phi) is 7.34. The number of hydrogen-bond donors (Lipinski definition) is 1. The Morgan fingerprint density at radius 2 is 1.82 bits per heavy atom. The highest BCUT2D eigenvalue weighted by atomic mass is 19.1. The molecule has 0 spiro atoms. The van der Waals surface area contributed by atoms with Gasteiger partial charge in [-0.2, -0.15) is 0 Å². The van der Waals surface area contributed by atoms with Crippen LogP contribution >= 0.6 is 0 Å². The second kappa shape index (κ2) is 10.0. The molecule has 0 aliphatic carbocycles. The molecule has 0 unspecified atom stereocenters. The fourth-order valence-electron chi connectivity index (χ4n) is 3.83. The molecule has 2 saturated heterocycles. The molecular formula is C21H27F2N5O5. The van der Waals surface area contributed by atoms with Crippen LogP contribution in [0, 0.1) is 11.6 Å². The largest absolute Gasteiger partial charge is 0.442 e. The van der Waals surface area contributed by atoms with E-state index in [9.17, 15) is 28.0 Å². The number of hydrazine groups is 1. The van der Waals surface area contributed by atoms with Gasteiger partial charge >= 0.3 is 6.09 Å². The van der Waals surface area contributed by atoms with Gasteiger partial charge in [-0.15, -0.1) is 0 Å². The monoisotopic (exact) mass is 467 g/mol. The molecule has 2 heterocycles. The summed E-state index contributed by atoms with van der Waals surface area (Å²) in [6.07, 6.45) is -1.16. The highest BCUT2D eigenvalue weighted by Crippen LogP contribution is 2.31. The molecule has 33 heavy (non-hydrogen) atoms. The molecule has 2 aliphatic heterocycles. The van der Waals surface area contributed by atoms with Gasteiger partial charge in [-0.1, -0.05) is 0 Å². The lowest BCUT2D eigenvalue weighted by atomic mass is 10.2. The quantitative estimate of drug-likeness (QED) is 0.618. The number of nitrogens with one attached hydrogen (secondary N) is 1. The predicted molar refractivity (Wildman–Crippen MR) is 114 cm³/mol. The summed E-state index contributed by atoms with van der Waals surface area (Å²) in [5.41, 5.74) is -0.293. The van der Waals surface area contributed by atoms with Gasteiger partial charge in [-0.25, -0.2) is 18.6 Å². The molecule has 0 bridgehead atoms. The van der Waals surface area contributed by atoms with Crippen molar-refractivity contribution in [1.29, 1.82) is 0 Å². The van der Waals surface area contributed by atoms with Crippen molar-refractivity contribution in [2.75, 3.05) is 49.6 Å². The zero-order valence-electron chi connectivity index (χ0n) is 18.8. The Hall–Kier alpha value is -3.44. The lowest BCUT2D eigenvalue weighted by Crippen LogP contribution is -2.53. The smallest absolute Gasteiger partial charge is 0.414 e. The number of nitrogens with zero attached hydrogens (tertiary/aromatic N) is 4. The molecule has 0 saturated carbocycles. The second-order valence-corrected chi connectivity index (χ2v) is 7.83. The molecule has 3 rings (SSSR count). The minimum absolute atomic E-state index is 0.00309. The van der Waals surface area contributed by atoms with E-state index >= 15 is 0 Å². The van der Waals surface area contributed by atoms with Crippen LogP contribution in [0.2, 0.25) is 0 Å². The first-order chi connectivity index (χ1) is 15.6. The van der Waals surface area contributed by atoms with Gasteiger partial charge < -0.3 is 15.0 Å². The molecule has 1 aromatic rings. The minimum Gasteiger partial charge on any atom is -0.442 e. The van der Waals surface area contributed by atoms with E-state index in [2.05, 4.69) is 5.32 Å². The van der Waals surface area contributed by atoms with Crippen molar-refractivity contribution in [3.63, 3.8) is 0 Å². The molecular weight excluding hydrogens is 440 g/mol. The number of hydrogen-bond acceptors (Lipinski definition) is 6. The molecule has 1 N–H and O–H groups in total. The van der Waals surface area contributed by atoms with Crippen LogP contribution in [0.1, 0.15) is 26.7 Å². The zero-order chi connectivity index (χ0) is 24.3. The van der Waals surface area contributed by atoms with Crippen molar-refractivity contribution in [2.45, 2.75) is 32.8 Å².